The Balaban J connectivity index is 1.27. The molecule has 4 aromatic rings. The molecule has 190 valence electrons. The van der Waals surface area contributed by atoms with Gasteiger partial charge in [0.1, 0.15) is 12.4 Å². The maximum absolute atomic E-state index is 12.9. The van der Waals surface area contributed by atoms with Crippen molar-refractivity contribution >= 4 is 26.6 Å². The van der Waals surface area contributed by atoms with Gasteiger partial charge in [-0.2, -0.15) is 18.3 Å². The number of H-pyrrole nitrogens is 1. The number of halogens is 3. The zero-order valence-corrected chi connectivity index (χ0v) is 19.6. The Hall–Kier alpha value is -3.61. The summed E-state index contributed by atoms with van der Waals surface area (Å²) in [6, 6.07) is 18.6. The van der Waals surface area contributed by atoms with E-state index in [0.717, 1.165) is 0 Å². The number of rotatable bonds is 10. The minimum Gasteiger partial charge on any atom is -0.492 e. The molecule has 0 aliphatic carbocycles. The summed E-state index contributed by atoms with van der Waals surface area (Å²) in [6.07, 6.45) is -5.45. The number of ether oxygens (including phenoxy) is 1. The fourth-order valence-corrected chi connectivity index (χ4v) is 4.60. The number of anilines is 1. The summed E-state index contributed by atoms with van der Waals surface area (Å²) in [7, 11) is -3.75. The van der Waals surface area contributed by atoms with Crippen molar-refractivity contribution in [1.29, 1.82) is 0 Å². The molecule has 0 radical (unpaired) electrons. The second kappa shape index (κ2) is 10.6. The third-order valence-corrected chi connectivity index (χ3v) is 6.66. The van der Waals surface area contributed by atoms with E-state index in [2.05, 4.69) is 20.2 Å². The van der Waals surface area contributed by atoms with Crippen molar-refractivity contribution < 1.29 is 31.4 Å². The maximum atomic E-state index is 12.9. The molecule has 4 N–H and O–H groups in total. The lowest BCUT2D eigenvalue weighted by Crippen LogP contribution is -2.26. The van der Waals surface area contributed by atoms with Crippen LogP contribution in [0.2, 0.25) is 0 Å². The number of hydrogen-bond acceptors (Lipinski definition) is 6. The van der Waals surface area contributed by atoms with E-state index in [1.165, 1.54) is 30.3 Å². The fourth-order valence-electron chi connectivity index (χ4n) is 3.53. The number of aliphatic hydroxyl groups is 1. The van der Waals surface area contributed by atoms with Gasteiger partial charge < -0.3 is 15.2 Å². The van der Waals surface area contributed by atoms with Crippen molar-refractivity contribution in [2.45, 2.75) is 17.2 Å². The van der Waals surface area contributed by atoms with Crippen LogP contribution in [-0.4, -0.2) is 43.4 Å². The van der Waals surface area contributed by atoms with Gasteiger partial charge in [0.15, 0.2) is 5.69 Å². The van der Waals surface area contributed by atoms with E-state index in [4.69, 9.17) is 4.74 Å². The van der Waals surface area contributed by atoms with Gasteiger partial charge in [-0.3, -0.25) is 9.82 Å². The van der Waals surface area contributed by atoms with Crippen LogP contribution in [0, 0.1) is 0 Å². The van der Waals surface area contributed by atoms with E-state index in [1.54, 1.807) is 42.5 Å². The van der Waals surface area contributed by atoms with Crippen LogP contribution in [0.25, 0.3) is 10.9 Å². The molecule has 0 saturated carbocycles. The molecule has 1 aromatic heterocycles. The molecule has 1 heterocycles. The van der Waals surface area contributed by atoms with Gasteiger partial charge in [-0.05, 0) is 42.0 Å². The van der Waals surface area contributed by atoms with Crippen LogP contribution in [0.4, 0.5) is 18.9 Å². The topological polar surface area (TPSA) is 116 Å². The molecule has 0 spiro atoms. The molecule has 12 heteroatoms. The third-order valence-electron chi connectivity index (χ3n) is 5.27. The second-order valence-electron chi connectivity index (χ2n) is 7.89. The zero-order valence-electron chi connectivity index (χ0n) is 18.8. The highest BCUT2D eigenvalue weighted by Gasteiger charge is 2.35. The van der Waals surface area contributed by atoms with Crippen LogP contribution in [-0.2, 0) is 16.2 Å². The fraction of sp³-hybridized carbons (Fsp3) is 0.208. The second-order valence-corrected chi connectivity index (χ2v) is 9.57. The normalized spacial score (nSPS) is 13.0. The van der Waals surface area contributed by atoms with Gasteiger partial charge in [0, 0.05) is 30.2 Å². The van der Waals surface area contributed by atoms with Gasteiger partial charge in [-0.1, -0.05) is 30.3 Å². The number of aliphatic hydroxyl groups excluding tert-OH is 1. The lowest BCUT2D eigenvalue weighted by molar-refractivity contribution is -0.139. The van der Waals surface area contributed by atoms with Gasteiger partial charge in [0.2, 0.25) is 0 Å². The number of alkyl halides is 3. The molecule has 0 saturated heterocycles. The quantitative estimate of drug-likeness (QED) is 0.234. The molecule has 8 nitrogen and oxygen atoms in total. The van der Waals surface area contributed by atoms with E-state index in [9.17, 15) is 26.7 Å². The number of sulfonamides is 1. The van der Waals surface area contributed by atoms with E-state index < -0.39 is 28.0 Å². The Morgan fingerprint density at radius 1 is 1.03 bits per heavy atom. The number of nitrogens with one attached hydrogen (secondary N) is 3. The summed E-state index contributed by atoms with van der Waals surface area (Å²) >= 11 is 0. The van der Waals surface area contributed by atoms with Crippen molar-refractivity contribution in [3.63, 3.8) is 0 Å². The first kappa shape index (κ1) is 25.5. The molecule has 0 bridgehead atoms. The zero-order chi connectivity index (χ0) is 25.8. The Labute approximate surface area is 205 Å². The number of hydrogen-bond donors (Lipinski definition) is 4. The van der Waals surface area contributed by atoms with Gasteiger partial charge in [-0.15, -0.1) is 0 Å². The van der Waals surface area contributed by atoms with E-state index in [1.807, 2.05) is 0 Å². The molecule has 0 fully saturated rings. The first-order valence-corrected chi connectivity index (χ1v) is 12.4. The average Bonchev–Trinajstić information content (AvgIpc) is 3.28. The third kappa shape index (κ3) is 6.14. The number of benzene rings is 3. The van der Waals surface area contributed by atoms with E-state index in [0.29, 0.717) is 23.5 Å². The van der Waals surface area contributed by atoms with Crippen LogP contribution in [0.3, 0.4) is 0 Å². The molecule has 0 aliphatic rings. The van der Waals surface area contributed by atoms with Gasteiger partial charge in [0.25, 0.3) is 10.0 Å². The smallest absolute Gasteiger partial charge is 0.435 e. The van der Waals surface area contributed by atoms with Crippen LogP contribution in [0.1, 0.15) is 17.4 Å². The summed E-state index contributed by atoms with van der Waals surface area (Å²) in [5, 5.41) is 19.1. The first-order chi connectivity index (χ1) is 17.1. The lowest BCUT2D eigenvalue weighted by atomic mass is 10.1. The van der Waals surface area contributed by atoms with Gasteiger partial charge in [-0.25, -0.2) is 8.42 Å². The number of nitrogens with zero attached hydrogens (tertiary/aromatic N) is 1. The SMILES string of the molecule is O=S(=O)(Nc1cccc(C(O)CNCCOc2ccc3c(C(F)(F)F)n[nH]c3c2)c1)c1ccccc1. The maximum Gasteiger partial charge on any atom is 0.435 e. The van der Waals surface area contributed by atoms with Crippen molar-refractivity contribution in [2.24, 2.45) is 0 Å². The van der Waals surface area contributed by atoms with Crippen LogP contribution >= 0.6 is 0 Å². The monoisotopic (exact) mass is 520 g/mol. The lowest BCUT2D eigenvalue weighted by Gasteiger charge is -2.15. The Bertz CT molecular complexity index is 1430. The summed E-state index contributed by atoms with van der Waals surface area (Å²) < 4.78 is 71.8. The Morgan fingerprint density at radius 2 is 1.81 bits per heavy atom. The summed E-state index contributed by atoms with van der Waals surface area (Å²) in [4.78, 5) is 0.130. The van der Waals surface area contributed by atoms with Crippen molar-refractivity contribution in [2.75, 3.05) is 24.4 Å². The molecular weight excluding hydrogens is 497 g/mol. The van der Waals surface area contributed by atoms with Crippen molar-refractivity contribution in [3.05, 3.63) is 84.1 Å². The molecule has 1 unspecified atom stereocenters. The number of fused-ring (bicyclic) bond motifs is 1. The largest absolute Gasteiger partial charge is 0.492 e. The van der Waals surface area contributed by atoms with E-state index >= 15 is 0 Å². The van der Waals surface area contributed by atoms with Gasteiger partial charge in [0.05, 0.1) is 16.5 Å². The summed E-state index contributed by atoms with van der Waals surface area (Å²) in [6.45, 7) is 0.731. The van der Waals surface area contributed by atoms with Crippen LogP contribution in [0.5, 0.6) is 5.75 Å². The summed E-state index contributed by atoms with van der Waals surface area (Å²) in [5.41, 5.74) is 0.0751. The predicted molar refractivity (Wildman–Crippen MR) is 128 cm³/mol. The number of aromatic nitrogens is 2. The van der Waals surface area contributed by atoms with Crippen LogP contribution < -0.4 is 14.8 Å². The molecule has 0 amide bonds. The van der Waals surface area contributed by atoms with E-state index in [-0.39, 0.29) is 29.0 Å². The molecule has 4 rings (SSSR count). The molecule has 36 heavy (non-hydrogen) atoms. The molecule has 0 aliphatic heterocycles. The highest BCUT2D eigenvalue weighted by atomic mass is 32.2. The molecular formula is C24H23F3N4O4S. The van der Waals surface area contributed by atoms with Crippen molar-refractivity contribution in [1.82, 2.24) is 15.5 Å². The average molecular weight is 521 g/mol. The number of aromatic amines is 1. The Kier molecular flexibility index (Phi) is 7.48. The van der Waals surface area contributed by atoms with Crippen LogP contribution in [0.15, 0.2) is 77.7 Å². The minimum absolute atomic E-state index is 0.0376. The standard InChI is InChI=1S/C24H23F3N4O4S/c25-24(26,27)23-20-10-9-18(14-21(20)29-30-23)35-12-11-28-15-22(32)16-5-4-6-17(13-16)31-36(33,34)19-7-2-1-3-8-19/h1-10,13-14,22,28,31-32H,11-12,15H2,(H,29,30). The Morgan fingerprint density at radius 3 is 2.56 bits per heavy atom. The highest BCUT2D eigenvalue weighted by molar-refractivity contribution is 7.92. The minimum atomic E-state index is -4.54. The van der Waals surface area contributed by atoms with Gasteiger partial charge >= 0.3 is 6.18 Å². The van der Waals surface area contributed by atoms with Crippen molar-refractivity contribution in [3.8, 4) is 5.75 Å². The highest BCUT2D eigenvalue weighted by Crippen LogP contribution is 2.34. The molecule has 3 aromatic carbocycles. The first-order valence-electron chi connectivity index (χ1n) is 10.9. The molecule has 1 atom stereocenters. The predicted octanol–water partition coefficient (Wildman–Crippen LogP) is 4.08. The summed E-state index contributed by atoms with van der Waals surface area (Å²) in [5.74, 6) is 0.376.